The highest BCUT2D eigenvalue weighted by Gasteiger charge is 2.28. The third-order valence-electron chi connectivity index (χ3n) is 4.36. The predicted molar refractivity (Wildman–Crippen MR) is 80.3 cm³/mol. The maximum absolute atomic E-state index is 3.64. The molecule has 0 aliphatic carbocycles. The van der Waals surface area contributed by atoms with Crippen LogP contribution < -0.4 is 4.90 Å². The number of piperazine rings is 1. The molecule has 0 radical (unpaired) electrons. The fourth-order valence-electron chi connectivity index (χ4n) is 3.17. The van der Waals surface area contributed by atoms with Gasteiger partial charge in [0.05, 0.1) is 0 Å². The first-order valence-corrected chi connectivity index (χ1v) is 7.78. The maximum atomic E-state index is 3.64. The monoisotopic (exact) mass is 308 g/mol. The van der Waals surface area contributed by atoms with Crippen LogP contribution in [0.2, 0.25) is 0 Å². The van der Waals surface area contributed by atoms with E-state index < -0.39 is 0 Å². The van der Waals surface area contributed by atoms with Gasteiger partial charge in [-0.05, 0) is 44.0 Å². The predicted octanol–water partition coefficient (Wildman–Crippen LogP) is 3.43. The summed E-state index contributed by atoms with van der Waals surface area (Å²) in [6.07, 6.45) is 4.18. The Balaban J connectivity index is 1.75. The van der Waals surface area contributed by atoms with Crippen LogP contribution in [0.5, 0.6) is 0 Å². The molecule has 2 heterocycles. The van der Waals surface area contributed by atoms with Crippen molar-refractivity contribution in [3.8, 4) is 0 Å². The van der Waals surface area contributed by atoms with Gasteiger partial charge >= 0.3 is 0 Å². The van der Waals surface area contributed by atoms with Crippen LogP contribution in [-0.4, -0.2) is 37.1 Å². The Hall–Kier alpha value is -0.540. The number of hydrogen-bond acceptors (Lipinski definition) is 2. The van der Waals surface area contributed by atoms with Gasteiger partial charge in [-0.15, -0.1) is 0 Å². The first-order chi connectivity index (χ1) is 8.74. The van der Waals surface area contributed by atoms with Gasteiger partial charge in [0.15, 0.2) is 0 Å². The maximum Gasteiger partial charge on any atom is 0.0378 e. The van der Waals surface area contributed by atoms with Crippen LogP contribution in [0.4, 0.5) is 5.69 Å². The molecule has 1 unspecified atom stereocenters. The SMILES string of the molecule is Cc1ccc(N2CCN3CCCCC3C2)cc1Br. The quantitative estimate of drug-likeness (QED) is 0.784. The van der Waals surface area contributed by atoms with Crippen LogP contribution in [-0.2, 0) is 0 Å². The van der Waals surface area contributed by atoms with Gasteiger partial charge in [-0.25, -0.2) is 0 Å². The van der Waals surface area contributed by atoms with Crippen LogP contribution >= 0.6 is 15.9 Å². The number of aryl methyl sites for hydroxylation is 1. The molecule has 1 aromatic carbocycles. The van der Waals surface area contributed by atoms with Gasteiger partial charge in [-0.2, -0.15) is 0 Å². The normalized spacial score (nSPS) is 25.0. The number of hydrogen-bond donors (Lipinski definition) is 0. The number of benzene rings is 1. The highest BCUT2D eigenvalue weighted by atomic mass is 79.9. The van der Waals surface area contributed by atoms with Crippen molar-refractivity contribution >= 4 is 21.6 Å². The zero-order valence-electron chi connectivity index (χ0n) is 11.0. The number of nitrogens with zero attached hydrogens (tertiary/aromatic N) is 2. The van der Waals surface area contributed by atoms with E-state index in [0.29, 0.717) is 0 Å². The molecule has 98 valence electrons. The minimum Gasteiger partial charge on any atom is -0.369 e. The van der Waals surface area contributed by atoms with Gasteiger partial charge in [0, 0.05) is 35.8 Å². The molecule has 0 amide bonds. The lowest BCUT2D eigenvalue weighted by molar-refractivity contribution is 0.133. The lowest BCUT2D eigenvalue weighted by Gasteiger charge is -2.45. The molecule has 1 aromatic rings. The van der Waals surface area contributed by atoms with Crippen LogP contribution in [0.1, 0.15) is 24.8 Å². The van der Waals surface area contributed by atoms with E-state index in [4.69, 9.17) is 0 Å². The van der Waals surface area contributed by atoms with E-state index in [1.54, 1.807) is 0 Å². The summed E-state index contributed by atoms with van der Waals surface area (Å²) in [7, 11) is 0. The van der Waals surface area contributed by atoms with Gasteiger partial charge in [-0.3, -0.25) is 4.90 Å². The van der Waals surface area contributed by atoms with Crippen molar-refractivity contribution in [2.24, 2.45) is 0 Å². The average Bonchev–Trinajstić information content (AvgIpc) is 2.41. The topological polar surface area (TPSA) is 6.48 Å². The van der Waals surface area contributed by atoms with E-state index in [1.165, 1.54) is 61.2 Å². The lowest BCUT2D eigenvalue weighted by atomic mass is 9.99. The summed E-state index contributed by atoms with van der Waals surface area (Å²) < 4.78 is 1.23. The summed E-state index contributed by atoms with van der Waals surface area (Å²) in [5.41, 5.74) is 2.69. The molecule has 2 aliphatic heterocycles. The molecular weight excluding hydrogens is 288 g/mol. The van der Waals surface area contributed by atoms with Gasteiger partial charge in [-0.1, -0.05) is 28.4 Å². The second-order valence-corrected chi connectivity index (χ2v) is 6.42. The van der Waals surface area contributed by atoms with Crippen molar-refractivity contribution in [2.45, 2.75) is 32.2 Å². The van der Waals surface area contributed by atoms with Crippen molar-refractivity contribution < 1.29 is 0 Å². The van der Waals surface area contributed by atoms with Crippen molar-refractivity contribution in [3.05, 3.63) is 28.2 Å². The summed E-state index contributed by atoms with van der Waals surface area (Å²) in [6, 6.07) is 7.53. The summed E-state index contributed by atoms with van der Waals surface area (Å²) in [4.78, 5) is 5.24. The van der Waals surface area contributed by atoms with E-state index in [1.807, 2.05) is 0 Å². The van der Waals surface area contributed by atoms with Crippen LogP contribution in [0, 0.1) is 6.92 Å². The summed E-state index contributed by atoms with van der Waals surface area (Å²) in [5, 5.41) is 0. The molecule has 0 N–H and O–H groups in total. The molecule has 2 aliphatic rings. The Labute approximate surface area is 118 Å². The summed E-state index contributed by atoms with van der Waals surface area (Å²) in [6.45, 7) is 7.07. The molecule has 2 fully saturated rings. The highest BCUT2D eigenvalue weighted by Crippen LogP contribution is 2.28. The number of piperidine rings is 1. The van der Waals surface area contributed by atoms with Gasteiger partial charge in [0.25, 0.3) is 0 Å². The van der Waals surface area contributed by atoms with Crippen molar-refractivity contribution in [2.75, 3.05) is 31.1 Å². The molecule has 1 atom stereocenters. The molecule has 0 spiro atoms. The van der Waals surface area contributed by atoms with Gasteiger partial charge in [0.2, 0.25) is 0 Å². The molecule has 2 nitrogen and oxygen atoms in total. The molecule has 0 aromatic heterocycles. The van der Waals surface area contributed by atoms with Crippen molar-refractivity contribution in [1.29, 1.82) is 0 Å². The number of anilines is 1. The van der Waals surface area contributed by atoms with Gasteiger partial charge < -0.3 is 4.90 Å². The Morgan fingerprint density at radius 2 is 2.06 bits per heavy atom. The first kappa shape index (κ1) is 12.5. The molecule has 0 saturated carbocycles. The third-order valence-corrected chi connectivity index (χ3v) is 5.21. The molecule has 2 saturated heterocycles. The Bertz CT molecular complexity index is 433. The van der Waals surface area contributed by atoms with Crippen molar-refractivity contribution in [3.63, 3.8) is 0 Å². The Kier molecular flexibility index (Phi) is 3.62. The van der Waals surface area contributed by atoms with E-state index in [2.05, 4.69) is 50.9 Å². The highest BCUT2D eigenvalue weighted by molar-refractivity contribution is 9.10. The zero-order valence-corrected chi connectivity index (χ0v) is 12.6. The van der Waals surface area contributed by atoms with Crippen LogP contribution in [0.3, 0.4) is 0 Å². The Morgan fingerprint density at radius 1 is 1.17 bits per heavy atom. The number of fused-ring (bicyclic) bond motifs is 1. The number of rotatable bonds is 1. The number of halogens is 1. The summed E-state index contributed by atoms with van der Waals surface area (Å²) in [5.74, 6) is 0. The molecule has 18 heavy (non-hydrogen) atoms. The van der Waals surface area contributed by atoms with Crippen LogP contribution in [0.25, 0.3) is 0 Å². The molecule has 0 bridgehead atoms. The largest absolute Gasteiger partial charge is 0.369 e. The molecular formula is C15H21BrN2. The standard InChI is InChI=1S/C15H21BrN2/c1-12-5-6-13(10-15(12)16)18-9-8-17-7-3-2-4-14(17)11-18/h5-6,10,14H,2-4,7-9,11H2,1H3. The fraction of sp³-hybridized carbons (Fsp3) is 0.600. The van der Waals surface area contributed by atoms with E-state index in [9.17, 15) is 0 Å². The fourth-order valence-corrected chi connectivity index (χ4v) is 3.54. The minimum absolute atomic E-state index is 0.785. The summed E-state index contributed by atoms with van der Waals surface area (Å²) >= 11 is 3.64. The molecule has 3 heteroatoms. The van der Waals surface area contributed by atoms with Gasteiger partial charge in [0.1, 0.15) is 0 Å². The van der Waals surface area contributed by atoms with Crippen LogP contribution in [0.15, 0.2) is 22.7 Å². The average molecular weight is 309 g/mol. The van der Waals surface area contributed by atoms with E-state index >= 15 is 0 Å². The second-order valence-electron chi connectivity index (χ2n) is 5.57. The third kappa shape index (κ3) is 2.43. The minimum atomic E-state index is 0.785. The molecule has 3 rings (SSSR count). The van der Waals surface area contributed by atoms with E-state index in [-0.39, 0.29) is 0 Å². The zero-order chi connectivity index (χ0) is 12.5. The first-order valence-electron chi connectivity index (χ1n) is 6.99. The Morgan fingerprint density at radius 3 is 2.89 bits per heavy atom. The smallest absolute Gasteiger partial charge is 0.0378 e. The van der Waals surface area contributed by atoms with Crippen molar-refractivity contribution in [1.82, 2.24) is 4.90 Å². The lowest BCUT2D eigenvalue weighted by Crippen LogP contribution is -2.54. The second kappa shape index (κ2) is 5.22. The van der Waals surface area contributed by atoms with E-state index in [0.717, 1.165) is 6.04 Å².